The van der Waals surface area contributed by atoms with Crippen LogP contribution in [-0.4, -0.2) is 109 Å². The molecule has 55 heavy (non-hydrogen) atoms. The average molecular weight is 747 g/mol. The molecule has 11 heteroatoms. The molecule has 0 radical (unpaired) electrons. The number of aliphatic hydroxyl groups is 2. The Labute approximate surface area is 320 Å². The number of fused-ring (bicyclic) bond motifs is 4. The molecule has 2 saturated carbocycles. The SMILES string of the molecule is COC(=O)C1=C2Nc3ccccc3C23CCN2C(O)C4(CC5CC67CC(=O)CC6CCN6CCC8(c9cccc(OC)c9N(C4)C58O)C67)C4OCCC4(C1)C23. The average Bonchev–Trinajstić information content (AvgIpc) is 4.04. The molecule has 6 saturated heterocycles. The van der Waals surface area contributed by atoms with Crippen LogP contribution in [0.3, 0.4) is 0 Å². The van der Waals surface area contributed by atoms with E-state index in [-0.39, 0.29) is 41.4 Å². The highest BCUT2D eigenvalue weighted by atomic mass is 16.5. The zero-order chi connectivity index (χ0) is 37.1. The number of ether oxygens (including phenoxy) is 3. The molecule has 5 spiro atoms. The highest BCUT2D eigenvalue weighted by Crippen LogP contribution is 2.78. The maximum atomic E-state index is 14.1. The van der Waals surface area contributed by atoms with Crippen LogP contribution in [0.15, 0.2) is 53.7 Å². The van der Waals surface area contributed by atoms with Gasteiger partial charge in [-0.05, 0) is 92.6 Å². The van der Waals surface area contributed by atoms with E-state index in [0.29, 0.717) is 56.7 Å². The van der Waals surface area contributed by atoms with Crippen LogP contribution in [0.4, 0.5) is 11.4 Å². The molecular formula is C44H50N4O7. The summed E-state index contributed by atoms with van der Waals surface area (Å²) in [6.07, 6.45) is 5.12. The van der Waals surface area contributed by atoms with Crippen LogP contribution < -0.4 is 15.0 Å². The minimum absolute atomic E-state index is 0.0592. The number of aliphatic hydroxyl groups excluding tert-OH is 1. The Morgan fingerprint density at radius 2 is 1.76 bits per heavy atom. The molecular weight excluding hydrogens is 697 g/mol. The molecule has 3 aliphatic carbocycles. The van der Waals surface area contributed by atoms with Gasteiger partial charge in [-0.3, -0.25) is 14.6 Å². The minimum Gasteiger partial charge on any atom is -0.495 e. The smallest absolute Gasteiger partial charge is 0.335 e. The molecule has 11 aliphatic rings. The lowest BCUT2D eigenvalue weighted by Crippen LogP contribution is -2.82. The van der Waals surface area contributed by atoms with Crippen molar-refractivity contribution in [1.29, 1.82) is 0 Å². The number of piperidine rings is 3. The van der Waals surface area contributed by atoms with Gasteiger partial charge in [0.05, 0.1) is 47.8 Å². The largest absolute Gasteiger partial charge is 0.495 e. The summed E-state index contributed by atoms with van der Waals surface area (Å²) in [7, 11) is 3.20. The quantitative estimate of drug-likeness (QED) is 0.391. The molecule has 13 rings (SSSR count). The van der Waals surface area contributed by atoms with Gasteiger partial charge in [0.15, 0.2) is 5.72 Å². The van der Waals surface area contributed by atoms with E-state index in [1.807, 2.05) is 12.1 Å². The molecule has 11 nitrogen and oxygen atoms in total. The van der Waals surface area contributed by atoms with Gasteiger partial charge in [0.25, 0.3) is 0 Å². The molecule has 12 unspecified atom stereocenters. The summed E-state index contributed by atoms with van der Waals surface area (Å²) in [5.74, 6) is 0.854. The van der Waals surface area contributed by atoms with Gasteiger partial charge < -0.3 is 34.6 Å². The van der Waals surface area contributed by atoms with Crippen LogP contribution >= 0.6 is 0 Å². The van der Waals surface area contributed by atoms with Gasteiger partial charge in [-0.15, -0.1) is 0 Å². The predicted molar refractivity (Wildman–Crippen MR) is 200 cm³/mol. The summed E-state index contributed by atoms with van der Waals surface area (Å²) in [5.41, 5.74) is 2.02. The number of para-hydroxylation sites is 2. The standard InChI is InChI=1S/C44H50N4O7/c1-53-31-9-5-7-29-32(31)48-23-41(20-25-19-40-21-26(49)18-24(40)10-14-46-15-12-43(29,36(40)46)44(25,48)52)37-39(13-17-55-37)22-27(34(50)54-2)33-42(11-16-47(35(39)42)38(41)51)28-6-3-4-8-30(28)45-33/h3-9,24-25,35-38,45,51-52H,10-23H2,1-2H3. The molecule has 0 amide bonds. The topological polar surface area (TPSA) is 124 Å². The number of nitrogens with one attached hydrogen (secondary N) is 1. The second-order valence-electron chi connectivity index (χ2n) is 19.5. The van der Waals surface area contributed by atoms with Gasteiger partial charge in [0.2, 0.25) is 0 Å². The van der Waals surface area contributed by atoms with Crippen molar-refractivity contribution < 1.29 is 34.0 Å². The third-order valence-electron chi connectivity index (χ3n) is 18.2. The van der Waals surface area contributed by atoms with E-state index >= 15 is 0 Å². The molecule has 3 N–H and O–H groups in total. The van der Waals surface area contributed by atoms with Crippen LogP contribution in [0.5, 0.6) is 5.75 Å². The molecule has 0 bridgehead atoms. The number of carbonyl (C=O) groups excluding carboxylic acids is 2. The fraction of sp³-hybridized carbons (Fsp3) is 0.636. The lowest BCUT2D eigenvalue weighted by atomic mass is 9.42. The highest BCUT2D eigenvalue weighted by Gasteiger charge is 2.84. The number of anilines is 2. The third kappa shape index (κ3) is 3.18. The maximum Gasteiger partial charge on any atom is 0.335 e. The van der Waals surface area contributed by atoms with Gasteiger partial charge in [-0.2, -0.15) is 0 Å². The van der Waals surface area contributed by atoms with E-state index in [0.717, 1.165) is 73.6 Å². The van der Waals surface area contributed by atoms with E-state index < -0.39 is 33.6 Å². The second kappa shape index (κ2) is 9.96. The van der Waals surface area contributed by atoms with Gasteiger partial charge in [0, 0.05) is 67.3 Å². The van der Waals surface area contributed by atoms with Gasteiger partial charge in [0.1, 0.15) is 17.8 Å². The number of hydrogen-bond acceptors (Lipinski definition) is 11. The molecule has 8 fully saturated rings. The van der Waals surface area contributed by atoms with E-state index in [9.17, 15) is 19.8 Å². The maximum absolute atomic E-state index is 14.1. The molecule has 8 heterocycles. The van der Waals surface area contributed by atoms with E-state index in [1.54, 1.807) is 7.11 Å². The Morgan fingerprint density at radius 1 is 0.927 bits per heavy atom. The molecule has 2 aromatic carbocycles. The molecule has 2 aromatic rings. The van der Waals surface area contributed by atoms with Gasteiger partial charge >= 0.3 is 5.97 Å². The number of methoxy groups -OCH3 is 2. The van der Waals surface area contributed by atoms with Crippen molar-refractivity contribution in [2.45, 2.75) is 98.8 Å². The fourth-order valence-electron chi connectivity index (χ4n) is 17.2. The van der Waals surface area contributed by atoms with Crippen LogP contribution in [0.1, 0.15) is 68.9 Å². The van der Waals surface area contributed by atoms with Crippen molar-refractivity contribution in [2.75, 3.05) is 57.2 Å². The van der Waals surface area contributed by atoms with Crippen molar-refractivity contribution in [1.82, 2.24) is 9.80 Å². The Morgan fingerprint density at radius 3 is 2.62 bits per heavy atom. The van der Waals surface area contributed by atoms with E-state index in [2.05, 4.69) is 50.3 Å². The van der Waals surface area contributed by atoms with Crippen LogP contribution in [0, 0.1) is 28.1 Å². The first-order chi connectivity index (χ1) is 26.6. The number of hydrogen-bond donors (Lipinski definition) is 3. The van der Waals surface area contributed by atoms with Gasteiger partial charge in [-0.1, -0.05) is 30.3 Å². The van der Waals surface area contributed by atoms with E-state index in [1.165, 1.54) is 12.7 Å². The predicted octanol–water partition coefficient (Wildman–Crippen LogP) is 3.67. The Balaban J connectivity index is 1.04. The number of carbonyl (C=O) groups is 2. The fourth-order valence-corrected chi connectivity index (χ4v) is 17.2. The summed E-state index contributed by atoms with van der Waals surface area (Å²) in [5, 5.41) is 31.2. The Kier molecular flexibility index (Phi) is 5.90. The molecule has 12 atom stereocenters. The first kappa shape index (κ1) is 32.6. The first-order valence-corrected chi connectivity index (χ1v) is 20.8. The zero-order valence-corrected chi connectivity index (χ0v) is 31.7. The lowest BCUT2D eigenvalue weighted by molar-refractivity contribution is -0.275. The molecule has 0 aromatic heterocycles. The second-order valence-corrected chi connectivity index (χ2v) is 19.5. The summed E-state index contributed by atoms with van der Waals surface area (Å²) >= 11 is 0. The molecule has 288 valence electrons. The van der Waals surface area contributed by atoms with E-state index in [4.69, 9.17) is 14.2 Å². The number of rotatable bonds is 2. The van der Waals surface area contributed by atoms with Crippen molar-refractivity contribution in [2.24, 2.45) is 28.1 Å². The van der Waals surface area contributed by atoms with Crippen molar-refractivity contribution in [3.05, 3.63) is 64.9 Å². The summed E-state index contributed by atoms with van der Waals surface area (Å²) in [6, 6.07) is 14.7. The number of Topliss-reactive ketones (excluding diaryl/α,β-unsaturated/α-hetero) is 1. The highest BCUT2D eigenvalue weighted by molar-refractivity contribution is 5.93. The monoisotopic (exact) mass is 746 g/mol. The number of ketones is 1. The summed E-state index contributed by atoms with van der Waals surface area (Å²) in [4.78, 5) is 35.0. The normalized spacial score (nSPS) is 47.7. The van der Waals surface area contributed by atoms with Crippen LogP contribution in [0.25, 0.3) is 0 Å². The summed E-state index contributed by atoms with van der Waals surface area (Å²) in [6.45, 7) is 3.47. The van der Waals surface area contributed by atoms with Gasteiger partial charge in [-0.25, -0.2) is 4.79 Å². The molecule has 8 aliphatic heterocycles. The number of esters is 1. The minimum atomic E-state index is -1.23. The van der Waals surface area contributed by atoms with Crippen LogP contribution in [0.2, 0.25) is 0 Å². The first-order valence-electron chi connectivity index (χ1n) is 20.8. The third-order valence-corrected chi connectivity index (χ3v) is 18.2. The summed E-state index contributed by atoms with van der Waals surface area (Å²) < 4.78 is 18.9. The Hall–Kier alpha value is -3.48. The zero-order valence-electron chi connectivity index (χ0n) is 31.7. The van der Waals surface area contributed by atoms with Crippen molar-refractivity contribution in [3.8, 4) is 5.75 Å². The Bertz CT molecular complexity index is 2180. The number of benzene rings is 2. The lowest BCUT2D eigenvalue weighted by Gasteiger charge is -2.71. The van der Waals surface area contributed by atoms with Crippen LogP contribution in [-0.2, 0) is 29.9 Å². The van der Waals surface area contributed by atoms with Crippen molar-refractivity contribution in [3.63, 3.8) is 0 Å². The van der Waals surface area contributed by atoms with Crippen molar-refractivity contribution >= 4 is 23.1 Å². The number of nitrogens with zero attached hydrogens (tertiary/aromatic N) is 3.